The Bertz CT molecular complexity index is 5590. The molecule has 31 nitrogen and oxygen atoms in total. The van der Waals surface area contributed by atoms with Crippen LogP contribution in [-0.4, -0.2) is 197 Å². The van der Waals surface area contributed by atoms with Crippen LogP contribution in [0.1, 0.15) is 77.9 Å². The number of hydrogen-bond donors (Lipinski definition) is 19. The maximum Gasteiger partial charge on any atom is 0.419 e. The van der Waals surface area contributed by atoms with Crippen LogP contribution in [-0.2, 0) is 71.7 Å². The average molecular weight is 2210 g/mol. The Kier molecular flexibility index (Phi) is 48.0. The summed E-state index contributed by atoms with van der Waals surface area (Å²) in [5, 5.41) is 68.5. The minimum atomic E-state index is -4.68. The van der Waals surface area contributed by atoms with Crippen LogP contribution in [0.25, 0.3) is 0 Å². The molecule has 45 heteroatoms. The highest BCUT2D eigenvalue weighted by atomic mass is 79.9. The van der Waals surface area contributed by atoms with Crippen LogP contribution < -0.4 is 110 Å². The molecule has 9 aromatic rings. The number of para-hydroxylation sites is 2. The molecule has 0 spiro atoms. The topological polar surface area (TPSA) is 376 Å². The number of aryl methyl sites for hydroxylation is 1. The Morgan fingerprint density at radius 3 is 1.07 bits per heavy atom. The van der Waals surface area contributed by atoms with E-state index < -0.39 is 24.2 Å². The van der Waals surface area contributed by atoms with Crippen LogP contribution in [0.2, 0.25) is 25.1 Å². The fourth-order valence-corrected chi connectivity index (χ4v) is 15.8. The fourth-order valence-electron chi connectivity index (χ4n) is 14.0. The van der Waals surface area contributed by atoms with Crippen molar-refractivity contribution < 1.29 is 50.1 Å². The van der Waals surface area contributed by atoms with E-state index in [1.54, 1.807) is 38.5 Å². The van der Waals surface area contributed by atoms with Gasteiger partial charge in [-0.05, 0) is 145 Å². The zero-order valence-corrected chi connectivity index (χ0v) is 86.5. The summed E-state index contributed by atoms with van der Waals surface area (Å²) in [6.07, 6.45) is -4.68. The first-order valence-corrected chi connectivity index (χ1v) is 49.4. The van der Waals surface area contributed by atoms with Gasteiger partial charge in [-0.3, -0.25) is 44.9 Å². The molecule has 9 aromatic carbocycles. The molecule has 0 saturated carbocycles. The Labute approximate surface area is 869 Å². The Hall–Kier alpha value is -12.3. The number of aliphatic imine (C=N–C) groups is 9. The van der Waals surface area contributed by atoms with Crippen LogP contribution in [0.3, 0.4) is 0 Å². The summed E-state index contributed by atoms with van der Waals surface area (Å²) in [7, 11) is 3.28. The summed E-state index contributed by atoms with van der Waals surface area (Å²) in [5.41, 5.74) is 11.0. The van der Waals surface area contributed by atoms with Gasteiger partial charge in [-0.15, -0.1) is 0 Å². The molecule has 0 amide bonds. The highest BCUT2D eigenvalue weighted by Crippen LogP contribution is 2.35. The molecule has 143 heavy (non-hydrogen) atoms. The number of ether oxygens (including phenoxy) is 3. The second kappa shape index (κ2) is 61.0. The SMILES string of the molecule is COc1cccc(CNC2=NCCN2)c1OC.Cc1c(CO)cccc1CNC1=NCCN1.Cc1c(Cl)cccc1CNC1=NCCN1.Cc1cccc(CNC2=NCCN2)c1Cl.Clc1c(Br)cccc1CNC1=NCCN1.Clc1cccc(CNC2=NCCN2)c1Br.FC(F)Oc1c(Cl)cccc1CNC1=NCCN1.Fc1c(CNC2=NCCN2)cccc1C(F)(F)F.Fc1ccccc1CNC1=NCCN1. The van der Waals surface area contributed by atoms with Gasteiger partial charge in [0.25, 0.3) is 0 Å². The molecular weight excluding hydrogens is 2090 g/mol. The standard InChI is InChI=1S/C12H17N3O2.C12H17N3O.C11H12ClF2N3O.2C11H14ClN3.C11H11F4N3.2C10H11BrClN3.C10H12FN3/c1-16-10-5-3-4-9(11(10)17-2)8-15-12-13-6-7-14-12;1-9-10(3-2-4-11(9)8-16)7-15-12-13-5-6-14-12;12-8-3-1-2-7(9(8)18-10(13)14)6-17-11-15-4-5-16-11;1-8-9(3-2-4-10(8)12)7-15-11-13-5-6-14-11;1-8-3-2-4-9(10(8)12)7-15-11-13-5-6-14-11;12-9-7(6-18-10-16-4-5-17-10)2-1-3-8(9)11(13,14)15;11-9-7(2-1-3-8(9)12)6-15-10-13-4-5-14-10;11-8-3-1-2-7(9(8)12)6-15-10-13-4-5-14-10;11-9-4-2-1-3-8(9)7-14-10-12-5-6-13-10/h3-5H,6-8H2,1-2H3,(H2,13,14,15);2-4,16H,5-8H2,1H3,(H2,13,14,15);1-3,10H,4-6H2,(H2,15,16,17);2*2-4H,5-7H2,1H3,(H2,13,14,15);1-3H,4-6H2,(H2,16,17,18);2*1-3H,4-6H2,(H2,13,14,15);1-4H,5-7H2,(H2,12,13,14). The Morgan fingerprint density at radius 1 is 0.343 bits per heavy atom. The molecule has 0 aromatic heterocycles. The molecule has 768 valence electrons. The lowest BCUT2D eigenvalue weighted by Gasteiger charge is -2.13. The van der Waals surface area contributed by atoms with Gasteiger partial charge >= 0.3 is 12.8 Å². The van der Waals surface area contributed by atoms with Gasteiger partial charge in [0.15, 0.2) is 65.1 Å². The van der Waals surface area contributed by atoms with Gasteiger partial charge in [-0.25, -0.2) is 8.78 Å². The van der Waals surface area contributed by atoms with Gasteiger partial charge in [0.1, 0.15) is 17.4 Å². The lowest BCUT2D eigenvalue weighted by Crippen LogP contribution is -2.33. The van der Waals surface area contributed by atoms with Gasteiger partial charge in [0, 0.05) is 159 Å². The van der Waals surface area contributed by atoms with Gasteiger partial charge in [-0.1, -0.05) is 185 Å². The second-order valence-corrected chi connectivity index (χ2v) is 35.2. The number of rotatable bonds is 23. The first-order valence-electron chi connectivity index (χ1n) is 46.0. The highest BCUT2D eigenvalue weighted by Gasteiger charge is 2.35. The molecule has 9 heterocycles. The van der Waals surface area contributed by atoms with E-state index in [1.807, 2.05) is 124 Å². The van der Waals surface area contributed by atoms with Crippen molar-refractivity contribution in [3.05, 3.63) is 293 Å². The predicted octanol–water partition coefficient (Wildman–Crippen LogP) is 13.7. The van der Waals surface area contributed by atoms with Crippen molar-refractivity contribution in [1.82, 2.24) is 95.7 Å². The third-order valence-electron chi connectivity index (χ3n) is 21.6. The molecular formula is C98H119Br2Cl5F7N27O4. The van der Waals surface area contributed by atoms with Crippen LogP contribution in [0.4, 0.5) is 30.7 Å². The fraction of sp³-hybridized carbons (Fsp3) is 0.357. The van der Waals surface area contributed by atoms with E-state index in [0.29, 0.717) is 81.9 Å². The van der Waals surface area contributed by atoms with Crippen LogP contribution in [0, 0.1) is 32.4 Å². The van der Waals surface area contributed by atoms with Crippen LogP contribution >= 0.6 is 89.9 Å². The summed E-state index contributed by atoms with van der Waals surface area (Å²) in [6, 6.07) is 50.4. The molecule has 0 unspecified atom stereocenters. The number of nitrogens with one attached hydrogen (secondary N) is 18. The Morgan fingerprint density at radius 2 is 0.657 bits per heavy atom. The van der Waals surface area contributed by atoms with Gasteiger partial charge in [-0.2, -0.15) is 22.0 Å². The van der Waals surface area contributed by atoms with E-state index in [1.165, 1.54) is 35.4 Å². The smallest absolute Gasteiger partial charge is 0.419 e. The number of alkyl halides is 5. The summed E-state index contributed by atoms with van der Waals surface area (Å²) < 4.78 is 106. The summed E-state index contributed by atoms with van der Waals surface area (Å²) in [5.74, 6) is 7.15. The van der Waals surface area contributed by atoms with Crippen molar-refractivity contribution >= 4 is 144 Å². The van der Waals surface area contributed by atoms with Gasteiger partial charge in [0.05, 0.1) is 100 Å². The van der Waals surface area contributed by atoms with E-state index in [9.17, 15) is 30.7 Å². The highest BCUT2D eigenvalue weighted by molar-refractivity contribution is 9.11. The van der Waals surface area contributed by atoms with Crippen LogP contribution in [0.15, 0.2) is 224 Å². The van der Waals surface area contributed by atoms with E-state index in [2.05, 4.69) is 189 Å². The van der Waals surface area contributed by atoms with E-state index in [0.717, 1.165) is 244 Å². The minimum absolute atomic E-state index is 0.000244. The molecule has 0 aliphatic carbocycles. The van der Waals surface area contributed by atoms with Crippen molar-refractivity contribution in [3.8, 4) is 17.2 Å². The van der Waals surface area contributed by atoms with Gasteiger partial charge in [0.2, 0.25) is 0 Å². The third kappa shape index (κ3) is 38.4. The number of hydrogen-bond acceptors (Lipinski definition) is 31. The third-order valence-corrected chi connectivity index (χ3v) is 25.7. The molecule has 9 aliphatic heterocycles. The van der Waals surface area contributed by atoms with Crippen molar-refractivity contribution in [3.63, 3.8) is 0 Å². The molecule has 0 atom stereocenters. The number of halogens is 14. The van der Waals surface area contributed by atoms with Gasteiger partial charge < -0.3 is 115 Å². The molecule has 19 N–H and O–H groups in total. The van der Waals surface area contributed by atoms with E-state index in [-0.39, 0.29) is 35.3 Å². The number of aliphatic hydroxyl groups excluding tert-OH is 1. The lowest BCUT2D eigenvalue weighted by atomic mass is 10.0. The first kappa shape index (κ1) is 113. The quantitative estimate of drug-likeness (QED) is 0.0264. The maximum absolute atomic E-state index is 13.6. The normalized spacial score (nSPS) is 14.6. The molecule has 0 radical (unpaired) electrons. The maximum atomic E-state index is 13.6. The average Bonchev–Trinajstić information content (AvgIpc) is 1.81. The summed E-state index contributed by atoms with van der Waals surface area (Å²) in [6.45, 7) is 23.3. The zero-order valence-electron chi connectivity index (χ0n) is 79.5. The summed E-state index contributed by atoms with van der Waals surface area (Å²) >= 11 is 37.0. The number of aliphatic hydroxyl groups is 1. The first-order chi connectivity index (χ1) is 69.2. The molecule has 0 fully saturated rings. The van der Waals surface area contributed by atoms with Crippen LogP contribution in [0.5, 0.6) is 17.2 Å². The van der Waals surface area contributed by atoms with Crippen molar-refractivity contribution in [2.45, 2.75) is 99.1 Å². The molecule has 9 aliphatic rings. The van der Waals surface area contributed by atoms with Crippen molar-refractivity contribution in [1.29, 1.82) is 0 Å². The lowest BCUT2D eigenvalue weighted by molar-refractivity contribution is -0.140. The molecule has 0 bridgehead atoms. The van der Waals surface area contributed by atoms with Crippen molar-refractivity contribution in [2.24, 2.45) is 44.9 Å². The monoisotopic (exact) mass is 2200 g/mol. The Balaban J connectivity index is 0.000000165. The number of nitrogens with zero attached hydrogens (tertiary/aromatic N) is 9. The minimum Gasteiger partial charge on any atom is -0.493 e. The van der Waals surface area contributed by atoms with E-state index in [4.69, 9.17) is 72.6 Å². The molecule has 0 saturated heterocycles. The second-order valence-electron chi connectivity index (χ2n) is 31.6. The predicted molar refractivity (Wildman–Crippen MR) is 568 cm³/mol. The molecule has 18 rings (SSSR count). The number of methoxy groups -OCH3 is 2. The largest absolute Gasteiger partial charge is 0.493 e. The number of guanidine groups is 9. The van der Waals surface area contributed by atoms with E-state index >= 15 is 0 Å². The summed E-state index contributed by atoms with van der Waals surface area (Å²) in [4.78, 5) is 37.8. The number of benzene rings is 9. The van der Waals surface area contributed by atoms with Crippen molar-refractivity contribution in [2.75, 3.05) is 132 Å². The zero-order chi connectivity index (χ0) is 102.